The molecule has 0 atom stereocenters. The molecule has 4 heterocycles. The fourth-order valence-electron chi connectivity index (χ4n) is 7.85. The van der Waals surface area contributed by atoms with Gasteiger partial charge < -0.3 is 14.4 Å². The number of furan rings is 1. The van der Waals surface area contributed by atoms with Crippen LogP contribution in [0.3, 0.4) is 0 Å². The van der Waals surface area contributed by atoms with Crippen molar-refractivity contribution in [3.63, 3.8) is 0 Å². The van der Waals surface area contributed by atoms with Crippen molar-refractivity contribution < 1.29 is 24.5 Å². The normalized spacial score (nSPS) is 11.4. The van der Waals surface area contributed by atoms with Crippen molar-refractivity contribution in [2.45, 2.75) is 74.7 Å². The maximum atomic E-state index is 6.28. The minimum absolute atomic E-state index is 0. The van der Waals surface area contributed by atoms with E-state index in [4.69, 9.17) is 9.40 Å². The van der Waals surface area contributed by atoms with Gasteiger partial charge in [0.05, 0.1) is 5.58 Å². The molecule has 0 fully saturated rings. The Morgan fingerprint density at radius 1 is 0.576 bits per heavy atom. The van der Waals surface area contributed by atoms with Crippen LogP contribution in [0.4, 0.5) is 0 Å². The Bertz CT molecular complexity index is 2920. The molecule has 0 aliphatic rings. The molecule has 9 rings (SSSR count). The summed E-state index contributed by atoms with van der Waals surface area (Å²) in [6.07, 6.45) is 3.84. The van der Waals surface area contributed by atoms with E-state index in [1.165, 1.54) is 66.4 Å². The van der Waals surface area contributed by atoms with Crippen LogP contribution >= 0.6 is 0 Å². The fraction of sp³-hybridized carbons (Fsp3) is 0.204. The van der Waals surface area contributed by atoms with E-state index in [-0.39, 0.29) is 25.5 Å². The molecule has 0 saturated heterocycles. The molecule has 0 bridgehead atoms. The first-order valence-corrected chi connectivity index (χ1v) is 20.0. The van der Waals surface area contributed by atoms with Crippen molar-refractivity contribution in [2.24, 2.45) is 0 Å². The number of pyridine rings is 3. The van der Waals surface area contributed by atoms with Crippen LogP contribution in [0.2, 0.25) is 0 Å². The fourth-order valence-corrected chi connectivity index (χ4v) is 7.85. The Kier molecular flexibility index (Phi) is 11.6. The summed E-state index contributed by atoms with van der Waals surface area (Å²) in [5.41, 5.74) is 20.0. The van der Waals surface area contributed by atoms with Gasteiger partial charge in [-0.25, -0.2) is 4.98 Å². The van der Waals surface area contributed by atoms with Crippen LogP contribution < -0.4 is 0 Å². The third kappa shape index (κ3) is 8.41. The predicted octanol–water partition coefficient (Wildman–Crippen LogP) is 14.3. The third-order valence-corrected chi connectivity index (χ3v) is 11.1. The molecule has 0 amide bonds. The molecule has 59 heavy (non-hydrogen) atoms. The van der Waals surface area contributed by atoms with Crippen LogP contribution in [0.15, 0.2) is 120 Å². The second kappa shape index (κ2) is 16.5. The second-order valence-corrected chi connectivity index (χ2v) is 16.9. The number of aryl methyl sites for hydroxylation is 7. The summed E-state index contributed by atoms with van der Waals surface area (Å²) in [7, 11) is 0. The van der Waals surface area contributed by atoms with E-state index in [2.05, 4.69) is 144 Å². The summed E-state index contributed by atoms with van der Waals surface area (Å²) in [6, 6.07) is 43.3. The number of fused-ring (bicyclic) bond motifs is 4. The van der Waals surface area contributed by atoms with Gasteiger partial charge in [0.2, 0.25) is 5.71 Å². The van der Waals surface area contributed by atoms with Crippen LogP contribution in [-0.4, -0.2) is 15.0 Å². The van der Waals surface area contributed by atoms with E-state index >= 15 is 0 Å². The Hall–Kier alpha value is -5.74. The molecular weight excluding hydrogens is 899 g/mol. The van der Waals surface area contributed by atoms with Gasteiger partial charge in [0, 0.05) is 43.6 Å². The van der Waals surface area contributed by atoms with Crippen LogP contribution in [-0.2, 0) is 25.5 Å². The van der Waals surface area contributed by atoms with Gasteiger partial charge in [-0.15, -0.1) is 53.6 Å². The molecule has 0 aliphatic heterocycles. The third-order valence-electron chi connectivity index (χ3n) is 11.1. The first-order chi connectivity index (χ1) is 27.7. The van der Waals surface area contributed by atoms with Gasteiger partial charge in [0.15, 0.2) is 0 Å². The van der Waals surface area contributed by atoms with Gasteiger partial charge in [-0.1, -0.05) is 87.2 Å². The van der Waals surface area contributed by atoms with Crippen molar-refractivity contribution in [3.8, 4) is 44.8 Å². The van der Waals surface area contributed by atoms with Crippen molar-refractivity contribution in [3.05, 3.63) is 172 Å². The number of aromatic nitrogens is 3. The zero-order valence-corrected chi connectivity index (χ0v) is 37.9. The molecule has 0 N–H and O–H groups in total. The monoisotopic (exact) mass is 948 g/mol. The van der Waals surface area contributed by atoms with Gasteiger partial charge >= 0.3 is 0 Å². The summed E-state index contributed by atoms with van der Waals surface area (Å²) in [5.74, 6) is 0. The van der Waals surface area contributed by atoms with Crippen molar-refractivity contribution in [1.29, 1.82) is 0 Å². The van der Waals surface area contributed by atoms with Crippen LogP contribution in [0.1, 0.15) is 65.4 Å². The molecule has 9 aromatic rings. The first kappa shape index (κ1) is 41.4. The standard InChI is InChI=1S/C41H37N2O.C13H12N.Ir/c1-23-16-30-19-29(38-24(2)17-31(18-25(38)3)41(6,7)8)14-13-28(30)20-35(23)36-21-37(42-22-26(36)4)34-11-9-10-32-33-15-12-27(5)43-40(33)44-39(32)34;1-10-3-6-12(7-4-10)13-8-5-11(2)9-14-13;/h9-10,12-22H,1-8H3;3-6,8-9H,1-2H3;/q2*-1;. The van der Waals surface area contributed by atoms with Gasteiger partial charge in [0.25, 0.3) is 0 Å². The maximum absolute atomic E-state index is 6.28. The molecule has 4 aromatic heterocycles. The summed E-state index contributed by atoms with van der Waals surface area (Å²) >= 11 is 0. The van der Waals surface area contributed by atoms with E-state index in [0.29, 0.717) is 5.71 Å². The van der Waals surface area contributed by atoms with E-state index in [0.717, 1.165) is 50.1 Å². The topological polar surface area (TPSA) is 51.8 Å². The Balaban J connectivity index is 0.000000298. The van der Waals surface area contributed by atoms with Crippen LogP contribution in [0.5, 0.6) is 0 Å². The summed E-state index contributed by atoms with van der Waals surface area (Å²) in [4.78, 5) is 13.8. The molecule has 5 heteroatoms. The van der Waals surface area contributed by atoms with Crippen molar-refractivity contribution in [2.75, 3.05) is 0 Å². The van der Waals surface area contributed by atoms with Crippen molar-refractivity contribution >= 4 is 32.8 Å². The van der Waals surface area contributed by atoms with Crippen LogP contribution in [0, 0.1) is 60.6 Å². The Labute approximate surface area is 362 Å². The average Bonchev–Trinajstić information content (AvgIpc) is 3.56. The summed E-state index contributed by atoms with van der Waals surface area (Å²) < 4.78 is 6.28. The zero-order valence-electron chi connectivity index (χ0n) is 35.6. The number of nitrogens with zero attached hydrogens (tertiary/aromatic N) is 3. The number of hydrogen-bond acceptors (Lipinski definition) is 4. The van der Waals surface area contributed by atoms with Gasteiger partial charge in [-0.3, -0.25) is 0 Å². The van der Waals surface area contributed by atoms with E-state index in [1.54, 1.807) is 0 Å². The first-order valence-electron chi connectivity index (χ1n) is 20.0. The predicted molar refractivity (Wildman–Crippen MR) is 242 cm³/mol. The minimum atomic E-state index is 0. The van der Waals surface area contributed by atoms with E-state index < -0.39 is 0 Å². The molecule has 0 aliphatic carbocycles. The zero-order chi connectivity index (χ0) is 40.9. The molecule has 1 radical (unpaired) electrons. The summed E-state index contributed by atoms with van der Waals surface area (Å²) in [6.45, 7) is 21.7. The number of benzene rings is 5. The minimum Gasteiger partial charge on any atom is -0.486 e. The SMILES string of the molecule is Cc1c[c-]c(-c2ccc(C)cn2)cc1.Cc1ccc2c(n1)oc1c(-c3cc(-c4cc5ccc(-c6c(C)cc(C(C)(C)C)cc6C)cc5cc4C)c(C)cn3)[c-]ccc12.[Ir]. The smallest absolute Gasteiger partial charge is 0.216 e. The number of hydrogen-bond donors (Lipinski definition) is 0. The number of rotatable bonds is 4. The van der Waals surface area contributed by atoms with Crippen LogP contribution in [0.25, 0.3) is 77.6 Å². The largest absolute Gasteiger partial charge is 0.486 e. The van der Waals surface area contributed by atoms with E-state index in [1.807, 2.05) is 62.6 Å². The van der Waals surface area contributed by atoms with Gasteiger partial charge in [-0.2, -0.15) is 0 Å². The Morgan fingerprint density at radius 3 is 2.00 bits per heavy atom. The maximum Gasteiger partial charge on any atom is 0.216 e. The quantitative estimate of drug-likeness (QED) is 0.165. The molecule has 297 valence electrons. The molecule has 4 nitrogen and oxygen atoms in total. The molecule has 0 spiro atoms. The van der Waals surface area contributed by atoms with E-state index in [9.17, 15) is 0 Å². The van der Waals surface area contributed by atoms with Gasteiger partial charge in [-0.05, 0) is 149 Å². The Morgan fingerprint density at radius 2 is 1.31 bits per heavy atom. The average molecular weight is 948 g/mol. The molecule has 0 saturated carbocycles. The molecule has 0 unspecified atom stereocenters. The van der Waals surface area contributed by atoms with Crippen molar-refractivity contribution in [1.82, 2.24) is 15.0 Å². The second-order valence-electron chi connectivity index (χ2n) is 16.9. The van der Waals surface area contributed by atoms with Gasteiger partial charge in [0.1, 0.15) is 0 Å². The molecular formula is C54H49IrN3O-2. The summed E-state index contributed by atoms with van der Waals surface area (Å²) in [5, 5.41) is 4.51. The molecule has 5 aromatic carbocycles.